The van der Waals surface area contributed by atoms with Crippen molar-refractivity contribution in [2.45, 2.75) is 38.7 Å². The van der Waals surface area contributed by atoms with Crippen molar-refractivity contribution in [1.29, 1.82) is 0 Å². The number of amides is 1. The average molecular weight is 436 g/mol. The SMILES string of the molecule is Cc1c(NS(=O)(=O)c2ccc(O[C@H](C)C(=O)NCC(C)C)cc2)cccc1[N+](=O)[O-]. The van der Waals surface area contributed by atoms with Crippen molar-refractivity contribution < 1.29 is 22.9 Å². The Bertz CT molecular complexity index is 1020. The Morgan fingerprint density at radius 1 is 1.13 bits per heavy atom. The molecule has 1 amide bonds. The molecule has 0 aliphatic heterocycles. The van der Waals surface area contributed by atoms with Gasteiger partial charge < -0.3 is 10.1 Å². The van der Waals surface area contributed by atoms with Crippen molar-refractivity contribution >= 4 is 27.3 Å². The first-order valence-electron chi connectivity index (χ1n) is 9.32. The lowest BCUT2D eigenvalue weighted by Gasteiger charge is -2.16. The molecule has 0 aromatic heterocycles. The third-order valence-corrected chi connectivity index (χ3v) is 5.63. The van der Waals surface area contributed by atoms with Gasteiger partial charge in [-0.05, 0) is 50.1 Å². The summed E-state index contributed by atoms with van der Waals surface area (Å²) in [4.78, 5) is 22.4. The Morgan fingerprint density at radius 2 is 1.77 bits per heavy atom. The molecule has 0 aliphatic rings. The third kappa shape index (κ3) is 5.93. The van der Waals surface area contributed by atoms with E-state index in [-0.39, 0.29) is 27.7 Å². The van der Waals surface area contributed by atoms with E-state index in [9.17, 15) is 23.3 Å². The van der Waals surface area contributed by atoms with Gasteiger partial charge in [0.15, 0.2) is 6.10 Å². The zero-order valence-electron chi connectivity index (χ0n) is 17.2. The van der Waals surface area contributed by atoms with Crippen LogP contribution in [0.3, 0.4) is 0 Å². The molecule has 0 fully saturated rings. The predicted octanol–water partition coefficient (Wildman–Crippen LogP) is 3.24. The van der Waals surface area contributed by atoms with E-state index in [4.69, 9.17) is 4.74 Å². The fraction of sp³-hybridized carbons (Fsp3) is 0.350. The highest BCUT2D eigenvalue weighted by Gasteiger charge is 2.20. The number of nitrogens with zero attached hydrogens (tertiary/aromatic N) is 1. The first-order valence-corrected chi connectivity index (χ1v) is 10.8. The number of sulfonamides is 1. The maximum Gasteiger partial charge on any atom is 0.274 e. The summed E-state index contributed by atoms with van der Waals surface area (Å²) in [5.41, 5.74) is 0.163. The van der Waals surface area contributed by atoms with E-state index in [1.807, 2.05) is 13.8 Å². The Balaban J connectivity index is 2.11. The minimum absolute atomic E-state index is 0.0438. The Labute approximate surface area is 175 Å². The van der Waals surface area contributed by atoms with Crippen molar-refractivity contribution in [3.63, 3.8) is 0 Å². The molecule has 0 heterocycles. The molecule has 2 N–H and O–H groups in total. The Kier molecular flexibility index (Phi) is 7.38. The lowest BCUT2D eigenvalue weighted by molar-refractivity contribution is -0.385. The van der Waals surface area contributed by atoms with E-state index in [1.165, 1.54) is 49.4 Å². The summed E-state index contributed by atoms with van der Waals surface area (Å²) < 4.78 is 33.2. The Hall–Kier alpha value is -3.14. The zero-order chi connectivity index (χ0) is 22.5. The maximum atomic E-state index is 12.6. The van der Waals surface area contributed by atoms with Gasteiger partial charge in [0, 0.05) is 12.6 Å². The van der Waals surface area contributed by atoms with Crippen LogP contribution in [0.1, 0.15) is 26.3 Å². The molecule has 0 saturated carbocycles. The maximum absolute atomic E-state index is 12.6. The van der Waals surface area contributed by atoms with E-state index < -0.39 is 21.1 Å². The van der Waals surface area contributed by atoms with Gasteiger partial charge >= 0.3 is 0 Å². The molecule has 9 nitrogen and oxygen atoms in total. The van der Waals surface area contributed by atoms with Crippen LogP contribution in [-0.2, 0) is 14.8 Å². The molecule has 2 aromatic carbocycles. The summed E-state index contributed by atoms with van der Waals surface area (Å²) in [5, 5.41) is 13.8. The number of carbonyl (C=O) groups excluding carboxylic acids is 1. The number of carbonyl (C=O) groups is 1. The standard InChI is InChI=1S/C20H25N3O6S/c1-13(2)12-21-20(24)15(4)29-16-8-10-17(11-9-16)30(27,28)22-18-6-5-7-19(14(18)3)23(25)26/h5-11,13,15,22H,12H2,1-4H3,(H,21,24)/t15-/m1/s1. The van der Waals surface area contributed by atoms with Crippen LogP contribution in [0, 0.1) is 23.0 Å². The van der Waals surface area contributed by atoms with Crippen LogP contribution < -0.4 is 14.8 Å². The van der Waals surface area contributed by atoms with Crippen LogP contribution in [0.5, 0.6) is 5.75 Å². The number of nitrogens with one attached hydrogen (secondary N) is 2. The first-order chi connectivity index (χ1) is 14.0. The summed E-state index contributed by atoms with van der Waals surface area (Å²) in [6.07, 6.45) is -0.739. The highest BCUT2D eigenvalue weighted by atomic mass is 32.2. The summed E-state index contributed by atoms with van der Waals surface area (Å²) in [6, 6.07) is 9.73. The molecule has 2 rings (SSSR count). The number of nitro groups is 1. The second-order valence-electron chi connectivity index (χ2n) is 7.18. The van der Waals surface area contributed by atoms with E-state index >= 15 is 0 Å². The largest absolute Gasteiger partial charge is 0.481 e. The van der Waals surface area contributed by atoms with E-state index in [2.05, 4.69) is 10.0 Å². The predicted molar refractivity (Wildman–Crippen MR) is 113 cm³/mol. The van der Waals surface area contributed by atoms with E-state index in [1.54, 1.807) is 6.92 Å². The molecule has 0 unspecified atom stereocenters. The molecule has 0 aliphatic carbocycles. The molecular weight excluding hydrogens is 410 g/mol. The normalized spacial score (nSPS) is 12.3. The van der Waals surface area contributed by atoms with Crippen LogP contribution in [0.15, 0.2) is 47.4 Å². The smallest absolute Gasteiger partial charge is 0.274 e. The second kappa shape index (κ2) is 9.57. The number of ether oxygens (including phenoxy) is 1. The number of benzene rings is 2. The molecule has 2 aromatic rings. The minimum Gasteiger partial charge on any atom is -0.481 e. The summed E-state index contributed by atoms with van der Waals surface area (Å²) >= 11 is 0. The molecule has 0 radical (unpaired) electrons. The van der Waals surface area contributed by atoms with Crippen LogP contribution in [0.2, 0.25) is 0 Å². The number of hydrogen-bond donors (Lipinski definition) is 2. The van der Waals surface area contributed by atoms with Crippen molar-refractivity contribution in [3.8, 4) is 5.75 Å². The number of nitro benzene ring substituents is 1. The van der Waals surface area contributed by atoms with Crippen molar-refractivity contribution in [2.75, 3.05) is 11.3 Å². The van der Waals surface area contributed by atoms with Crippen LogP contribution in [-0.4, -0.2) is 31.9 Å². The molecular formula is C20H25N3O6S. The summed E-state index contributed by atoms with van der Waals surface area (Å²) in [7, 11) is -3.97. The molecule has 0 saturated heterocycles. The second-order valence-corrected chi connectivity index (χ2v) is 8.87. The van der Waals surface area contributed by atoms with Gasteiger partial charge in [0.1, 0.15) is 5.75 Å². The lowest BCUT2D eigenvalue weighted by Crippen LogP contribution is -2.38. The monoisotopic (exact) mass is 435 g/mol. The van der Waals surface area contributed by atoms with E-state index in [0.717, 1.165) is 0 Å². The summed E-state index contributed by atoms with van der Waals surface area (Å²) in [5.74, 6) is 0.392. The van der Waals surface area contributed by atoms with Gasteiger partial charge in [0.2, 0.25) is 0 Å². The van der Waals surface area contributed by atoms with Gasteiger partial charge in [-0.25, -0.2) is 8.42 Å². The fourth-order valence-electron chi connectivity index (χ4n) is 2.54. The quantitative estimate of drug-likeness (QED) is 0.460. The lowest BCUT2D eigenvalue weighted by atomic mass is 10.2. The molecule has 162 valence electrons. The molecule has 0 spiro atoms. The number of anilines is 1. The van der Waals surface area contributed by atoms with Gasteiger partial charge in [-0.15, -0.1) is 0 Å². The number of hydrogen-bond acceptors (Lipinski definition) is 6. The molecule has 30 heavy (non-hydrogen) atoms. The van der Waals surface area contributed by atoms with Gasteiger partial charge in [0.05, 0.1) is 21.1 Å². The molecule has 10 heteroatoms. The molecule has 0 bridgehead atoms. The zero-order valence-corrected chi connectivity index (χ0v) is 18.0. The minimum atomic E-state index is -3.97. The highest BCUT2D eigenvalue weighted by Crippen LogP contribution is 2.27. The Morgan fingerprint density at radius 3 is 2.33 bits per heavy atom. The molecule has 1 atom stereocenters. The van der Waals surface area contributed by atoms with Gasteiger partial charge in [-0.1, -0.05) is 19.9 Å². The van der Waals surface area contributed by atoms with Gasteiger partial charge in [-0.3, -0.25) is 19.6 Å². The van der Waals surface area contributed by atoms with E-state index in [0.29, 0.717) is 18.2 Å². The first kappa shape index (κ1) is 23.1. The van der Waals surface area contributed by atoms with Crippen molar-refractivity contribution in [3.05, 3.63) is 58.1 Å². The van der Waals surface area contributed by atoms with Gasteiger partial charge in [-0.2, -0.15) is 0 Å². The average Bonchev–Trinajstić information content (AvgIpc) is 2.67. The van der Waals surface area contributed by atoms with Gasteiger partial charge in [0.25, 0.3) is 21.6 Å². The van der Waals surface area contributed by atoms with Crippen molar-refractivity contribution in [2.24, 2.45) is 5.92 Å². The fourth-order valence-corrected chi connectivity index (χ4v) is 3.66. The van der Waals surface area contributed by atoms with Crippen LogP contribution >= 0.6 is 0 Å². The number of rotatable bonds is 9. The van der Waals surface area contributed by atoms with Crippen LogP contribution in [0.4, 0.5) is 11.4 Å². The highest BCUT2D eigenvalue weighted by molar-refractivity contribution is 7.92. The summed E-state index contributed by atoms with van der Waals surface area (Å²) in [6.45, 7) is 7.57. The topological polar surface area (TPSA) is 128 Å². The third-order valence-electron chi connectivity index (χ3n) is 4.25. The van der Waals surface area contributed by atoms with Crippen molar-refractivity contribution in [1.82, 2.24) is 5.32 Å². The van der Waals surface area contributed by atoms with Crippen LogP contribution in [0.25, 0.3) is 0 Å².